The van der Waals surface area contributed by atoms with Crippen LogP contribution in [0.25, 0.3) is 0 Å². The lowest BCUT2D eigenvalue weighted by atomic mass is 10.1. The van der Waals surface area contributed by atoms with Crippen LogP contribution in [0.1, 0.15) is 5.56 Å². The summed E-state index contributed by atoms with van der Waals surface area (Å²) in [6.45, 7) is 1.37. The molecular formula is C13H18N2O3. The van der Waals surface area contributed by atoms with E-state index in [0.29, 0.717) is 25.4 Å². The number of para-hydroxylation sites is 1. The maximum absolute atomic E-state index is 12.2. The first-order valence-corrected chi connectivity index (χ1v) is 6.04. The van der Waals surface area contributed by atoms with Gasteiger partial charge in [0.2, 0.25) is 5.91 Å². The van der Waals surface area contributed by atoms with E-state index in [9.17, 15) is 9.90 Å². The molecule has 1 heterocycles. The van der Waals surface area contributed by atoms with Crippen molar-refractivity contribution in [2.75, 3.05) is 32.1 Å². The fraction of sp³-hybridized carbons (Fsp3) is 0.462. The van der Waals surface area contributed by atoms with E-state index in [4.69, 9.17) is 10.5 Å². The second kappa shape index (κ2) is 5.84. The van der Waals surface area contributed by atoms with Crippen molar-refractivity contribution in [3.63, 3.8) is 0 Å². The number of nitrogens with two attached hydrogens (primary N) is 1. The molecule has 1 atom stereocenters. The zero-order valence-corrected chi connectivity index (χ0v) is 10.2. The van der Waals surface area contributed by atoms with Gasteiger partial charge in [-0.2, -0.15) is 0 Å². The van der Waals surface area contributed by atoms with Gasteiger partial charge in [0.1, 0.15) is 0 Å². The van der Waals surface area contributed by atoms with Gasteiger partial charge in [-0.25, -0.2) is 0 Å². The van der Waals surface area contributed by atoms with Gasteiger partial charge < -0.3 is 20.5 Å². The Balaban J connectivity index is 2.05. The smallest absolute Gasteiger partial charge is 0.227 e. The minimum atomic E-state index is -0.240. The molecule has 3 N–H and O–H groups in total. The highest BCUT2D eigenvalue weighted by Gasteiger charge is 2.26. The Kier molecular flexibility index (Phi) is 4.17. The van der Waals surface area contributed by atoms with Crippen molar-refractivity contribution in [1.29, 1.82) is 0 Å². The van der Waals surface area contributed by atoms with Gasteiger partial charge in [0.25, 0.3) is 0 Å². The van der Waals surface area contributed by atoms with Crippen LogP contribution in [0.4, 0.5) is 5.69 Å². The first-order chi connectivity index (χ1) is 8.72. The number of hydrogen-bond acceptors (Lipinski definition) is 4. The van der Waals surface area contributed by atoms with Crippen LogP contribution in [0, 0.1) is 0 Å². The number of nitrogens with zero attached hydrogens (tertiary/aromatic N) is 1. The van der Waals surface area contributed by atoms with Crippen LogP contribution >= 0.6 is 0 Å². The number of ether oxygens (including phenoxy) is 1. The Hall–Kier alpha value is -1.59. The molecule has 0 spiro atoms. The second-order valence-corrected chi connectivity index (χ2v) is 4.37. The standard InChI is InChI=1S/C13H18N2O3/c14-12-4-2-1-3-10(12)7-13(17)15-5-6-18-9-11(15)8-16/h1-4,11,16H,5-9,14H2. The maximum Gasteiger partial charge on any atom is 0.227 e. The van der Waals surface area contributed by atoms with Gasteiger partial charge in [-0.05, 0) is 11.6 Å². The molecule has 1 aliphatic rings. The number of anilines is 1. The molecule has 1 unspecified atom stereocenters. The molecule has 1 saturated heterocycles. The van der Waals surface area contributed by atoms with E-state index in [-0.39, 0.29) is 25.0 Å². The van der Waals surface area contributed by atoms with Crippen LogP contribution in [0.2, 0.25) is 0 Å². The third-order valence-electron chi connectivity index (χ3n) is 3.16. The number of aliphatic hydroxyl groups is 1. The molecule has 5 heteroatoms. The molecule has 0 bridgehead atoms. The van der Waals surface area contributed by atoms with E-state index in [2.05, 4.69) is 0 Å². The van der Waals surface area contributed by atoms with E-state index in [1.807, 2.05) is 18.2 Å². The second-order valence-electron chi connectivity index (χ2n) is 4.37. The van der Waals surface area contributed by atoms with Crippen molar-refractivity contribution < 1.29 is 14.6 Å². The largest absolute Gasteiger partial charge is 0.398 e. The van der Waals surface area contributed by atoms with Gasteiger partial charge in [0.05, 0.1) is 32.3 Å². The number of aliphatic hydroxyl groups excluding tert-OH is 1. The summed E-state index contributed by atoms with van der Waals surface area (Å²) in [5.74, 6) is -0.0183. The summed E-state index contributed by atoms with van der Waals surface area (Å²) in [6.07, 6.45) is 0.267. The number of carbonyl (C=O) groups is 1. The highest BCUT2D eigenvalue weighted by Crippen LogP contribution is 2.14. The number of rotatable bonds is 3. The number of nitrogen functional groups attached to an aromatic ring is 1. The molecule has 0 aromatic heterocycles. The highest BCUT2D eigenvalue weighted by atomic mass is 16.5. The molecule has 5 nitrogen and oxygen atoms in total. The predicted octanol–water partition coefficient (Wildman–Crippen LogP) is 0.0310. The summed E-state index contributed by atoms with van der Waals surface area (Å²) < 4.78 is 5.25. The number of amides is 1. The first-order valence-electron chi connectivity index (χ1n) is 6.04. The van der Waals surface area contributed by atoms with Gasteiger partial charge in [-0.1, -0.05) is 18.2 Å². The van der Waals surface area contributed by atoms with Gasteiger partial charge in [-0.3, -0.25) is 4.79 Å². The molecule has 1 amide bonds. The average Bonchev–Trinajstić information content (AvgIpc) is 2.41. The fourth-order valence-electron chi connectivity index (χ4n) is 2.09. The zero-order chi connectivity index (χ0) is 13.0. The number of hydrogen-bond donors (Lipinski definition) is 2. The van der Waals surface area contributed by atoms with Gasteiger partial charge in [0, 0.05) is 12.2 Å². The lowest BCUT2D eigenvalue weighted by Crippen LogP contribution is -2.51. The summed E-state index contributed by atoms with van der Waals surface area (Å²) in [5, 5.41) is 9.23. The monoisotopic (exact) mass is 250 g/mol. The van der Waals surface area contributed by atoms with E-state index in [1.54, 1.807) is 11.0 Å². The van der Waals surface area contributed by atoms with E-state index >= 15 is 0 Å². The quantitative estimate of drug-likeness (QED) is 0.742. The summed E-state index contributed by atoms with van der Waals surface area (Å²) in [7, 11) is 0. The number of morpholine rings is 1. The van der Waals surface area contributed by atoms with Crippen LogP contribution in [0.15, 0.2) is 24.3 Å². The Morgan fingerprint density at radius 3 is 3.00 bits per heavy atom. The number of carbonyl (C=O) groups excluding carboxylic acids is 1. The maximum atomic E-state index is 12.2. The van der Waals surface area contributed by atoms with Crippen LogP contribution in [0.5, 0.6) is 0 Å². The molecule has 0 saturated carbocycles. The molecule has 0 aliphatic carbocycles. The molecule has 1 aromatic carbocycles. The molecule has 98 valence electrons. The molecule has 1 aromatic rings. The van der Waals surface area contributed by atoms with Crippen molar-refractivity contribution >= 4 is 11.6 Å². The summed E-state index contributed by atoms with van der Waals surface area (Å²) >= 11 is 0. The minimum absolute atomic E-state index is 0.0183. The van der Waals surface area contributed by atoms with Crippen LogP contribution in [-0.4, -0.2) is 48.3 Å². The summed E-state index contributed by atoms with van der Waals surface area (Å²) in [4.78, 5) is 13.9. The Bertz CT molecular complexity index is 422. The normalized spacial score (nSPS) is 19.8. The SMILES string of the molecule is Nc1ccccc1CC(=O)N1CCOCC1CO. The third kappa shape index (κ3) is 2.80. The van der Waals surface area contributed by atoms with Crippen molar-refractivity contribution in [3.8, 4) is 0 Å². The molecule has 1 aliphatic heterocycles. The van der Waals surface area contributed by atoms with Crippen LogP contribution in [-0.2, 0) is 16.0 Å². The topological polar surface area (TPSA) is 75.8 Å². The lowest BCUT2D eigenvalue weighted by molar-refractivity contribution is -0.140. The highest BCUT2D eigenvalue weighted by molar-refractivity contribution is 5.80. The summed E-state index contributed by atoms with van der Waals surface area (Å²) in [6, 6.07) is 7.10. The van der Waals surface area contributed by atoms with Crippen molar-refractivity contribution in [1.82, 2.24) is 4.90 Å². The average molecular weight is 250 g/mol. The fourth-order valence-corrected chi connectivity index (χ4v) is 2.09. The van der Waals surface area contributed by atoms with Crippen LogP contribution in [0.3, 0.4) is 0 Å². The molecule has 1 fully saturated rings. The number of benzene rings is 1. The lowest BCUT2D eigenvalue weighted by Gasteiger charge is -2.34. The van der Waals surface area contributed by atoms with E-state index in [0.717, 1.165) is 5.56 Å². The van der Waals surface area contributed by atoms with Crippen molar-refractivity contribution in [2.24, 2.45) is 0 Å². The van der Waals surface area contributed by atoms with E-state index in [1.165, 1.54) is 0 Å². The van der Waals surface area contributed by atoms with Crippen molar-refractivity contribution in [3.05, 3.63) is 29.8 Å². The predicted molar refractivity (Wildman–Crippen MR) is 68.0 cm³/mol. The third-order valence-corrected chi connectivity index (χ3v) is 3.16. The van der Waals surface area contributed by atoms with Gasteiger partial charge in [0.15, 0.2) is 0 Å². The Labute approximate surface area is 106 Å². The van der Waals surface area contributed by atoms with Crippen LogP contribution < -0.4 is 5.73 Å². The summed E-state index contributed by atoms with van der Waals surface area (Å²) in [5.41, 5.74) is 7.27. The molecule has 18 heavy (non-hydrogen) atoms. The van der Waals surface area contributed by atoms with Crippen molar-refractivity contribution in [2.45, 2.75) is 12.5 Å². The van der Waals surface area contributed by atoms with Gasteiger partial charge >= 0.3 is 0 Å². The van der Waals surface area contributed by atoms with E-state index < -0.39 is 0 Å². The molecular weight excluding hydrogens is 232 g/mol. The molecule has 2 rings (SSSR count). The minimum Gasteiger partial charge on any atom is -0.398 e. The Morgan fingerprint density at radius 1 is 1.50 bits per heavy atom. The molecule has 0 radical (unpaired) electrons. The van der Waals surface area contributed by atoms with Gasteiger partial charge in [-0.15, -0.1) is 0 Å². The first kappa shape index (κ1) is 12.9. The zero-order valence-electron chi connectivity index (χ0n) is 10.2. The Morgan fingerprint density at radius 2 is 2.28 bits per heavy atom.